The van der Waals surface area contributed by atoms with E-state index in [0.29, 0.717) is 17.1 Å². The SMILES string of the molecule is Nc1ccc(Oc2ccccc2N)c(C(=O)O)c1. The van der Waals surface area contributed by atoms with Crippen LogP contribution in [0.25, 0.3) is 0 Å². The van der Waals surface area contributed by atoms with E-state index in [1.54, 1.807) is 30.3 Å². The molecule has 0 saturated heterocycles. The van der Waals surface area contributed by atoms with Crippen molar-refractivity contribution < 1.29 is 14.6 Å². The van der Waals surface area contributed by atoms with Crippen molar-refractivity contribution in [1.82, 2.24) is 0 Å². The topological polar surface area (TPSA) is 98.6 Å². The van der Waals surface area contributed by atoms with Crippen molar-refractivity contribution in [2.45, 2.75) is 0 Å². The Morgan fingerprint density at radius 2 is 1.78 bits per heavy atom. The van der Waals surface area contributed by atoms with E-state index in [0.717, 1.165) is 0 Å². The molecule has 0 spiro atoms. The first-order valence-electron chi connectivity index (χ1n) is 5.23. The molecule has 92 valence electrons. The quantitative estimate of drug-likeness (QED) is 0.720. The third kappa shape index (κ3) is 2.35. The zero-order valence-corrected chi connectivity index (χ0v) is 9.46. The molecule has 0 aromatic heterocycles. The van der Waals surface area contributed by atoms with Crippen molar-refractivity contribution in [2.24, 2.45) is 0 Å². The van der Waals surface area contributed by atoms with E-state index >= 15 is 0 Å². The molecule has 5 nitrogen and oxygen atoms in total. The van der Waals surface area contributed by atoms with Gasteiger partial charge >= 0.3 is 5.97 Å². The van der Waals surface area contributed by atoms with Gasteiger partial charge in [0, 0.05) is 5.69 Å². The summed E-state index contributed by atoms with van der Waals surface area (Å²) in [6.45, 7) is 0. The molecule has 0 radical (unpaired) electrons. The molecule has 5 N–H and O–H groups in total. The fourth-order valence-electron chi connectivity index (χ4n) is 1.50. The molecule has 0 saturated carbocycles. The van der Waals surface area contributed by atoms with Crippen molar-refractivity contribution >= 4 is 17.3 Å². The maximum atomic E-state index is 11.1. The minimum atomic E-state index is -1.10. The Morgan fingerprint density at radius 1 is 1.06 bits per heavy atom. The van der Waals surface area contributed by atoms with Gasteiger partial charge in [-0.2, -0.15) is 0 Å². The number of anilines is 2. The zero-order chi connectivity index (χ0) is 13.1. The molecule has 0 bridgehead atoms. The summed E-state index contributed by atoms with van der Waals surface area (Å²) < 4.78 is 5.50. The second-order valence-corrected chi connectivity index (χ2v) is 3.70. The van der Waals surface area contributed by atoms with Gasteiger partial charge in [-0.1, -0.05) is 12.1 Å². The number of hydrogen-bond acceptors (Lipinski definition) is 4. The van der Waals surface area contributed by atoms with E-state index in [1.165, 1.54) is 12.1 Å². The highest BCUT2D eigenvalue weighted by molar-refractivity contribution is 5.92. The number of carboxylic acid groups (broad SMARTS) is 1. The smallest absolute Gasteiger partial charge is 0.339 e. The number of hydrogen-bond donors (Lipinski definition) is 3. The molecule has 5 heteroatoms. The molecular weight excluding hydrogens is 232 g/mol. The van der Waals surface area contributed by atoms with Crippen LogP contribution in [0, 0.1) is 0 Å². The van der Waals surface area contributed by atoms with Crippen LogP contribution in [0.15, 0.2) is 42.5 Å². The lowest BCUT2D eigenvalue weighted by Crippen LogP contribution is -2.02. The summed E-state index contributed by atoms with van der Waals surface area (Å²) in [5.41, 5.74) is 12.1. The van der Waals surface area contributed by atoms with Crippen LogP contribution in [0.3, 0.4) is 0 Å². The maximum Gasteiger partial charge on any atom is 0.339 e. The summed E-state index contributed by atoms with van der Waals surface area (Å²) in [7, 11) is 0. The fourth-order valence-corrected chi connectivity index (χ4v) is 1.50. The molecule has 2 rings (SSSR count). The number of para-hydroxylation sites is 2. The van der Waals surface area contributed by atoms with Crippen LogP contribution in [0.4, 0.5) is 11.4 Å². The zero-order valence-electron chi connectivity index (χ0n) is 9.46. The first-order chi connectivity index (χ1) is 8.58. The van der Waals surface area contributed by atoms with Crippen LogP contribution in [0.2, 0.25) is 0 Å². The van der Waals surface area contributed by atoms with Gasteiger partial charge in [0.1, 0.15) is 17.1 Å². The Bertz CT molecular complexity index is 597. The van der Waals surface area contributed by atoms with Gasteiger partial charge in [-0.15, -0.1) is 0 Å². The molecule has 0 heterocycles. The van der Waals surface area contributed by atoms with E-state index < -0.39 is 5.97 Å². The maximum absolute atomic E-state index is 11.1. The number of ether oxygens (including phenoxy) is 1. The van der Waals surface area contributed by atoms with E-state index in [2.05, 4.69) is 0 Å². The van der Waals surface area contributed by atoms with Crippen LogP contribution in [0.5, 0.6) is 11.5 Å². The monoisotopic (exact) mass is 244 g/mol. The van der Waals surface area contributed by atoms with Gasteiger partial charge in [0.05, 0.1) is 5.69 Å². The largest absolute Gasteiger partial charge is 0.478 e. The van der Waals surface area contributed by atoms with Crippen LogP contribution < -0.4 is 16.2 Å². The molecule has 0 atom stereocenters. The standard InChI is InChI=1S/C13H12N2O3/c14-8-5-6-11(9(7-8)13(16)17)18-12-4-2-1-3-10(12)15/h1-7H,14-15H2,(H,16,17). The van der Waals surface area contributed by atoms with Gasteiger partial charge < -0.3 is 21.3 Å². The Morgan fingerprint density at radius 3 is 2.44 bits per heavy atom. The number of rotatable bonds is 3. The van der Waals surface area contributed by atoms with E-state index in [4.69, 9.17) is 21.3 Å². The highest BCUT2D eigenvalue weighted by atomic mass is 16.5. The van der Waals surface area contributed by atoms with Crippen LogP contribution in [-0.2, 0) is 0 Å². The van der Waals surface area contributed by atoms with Gasteiger partial charge in [0.25, 0.3) is 0 Å². The molecule has 2 aromatic carbocycles. The summed E-state index contributed by atoms with van der Waals surface area (Å²) in [5, 5.41) is 9.07. The first-order valence-corrected chi connectivity index (χ1v) is 5.23. The van der Waals surface area contributed by atoms with Crippen LogP contribution in [0.1, 0.15) is 10.4 Å². The van der Waals surface area contributed by atoms with E-state index in [9.17, 15) is 4.79 Å². The molecule has 18 heavy (non-hydrogen) atoms. The number of nitrogen functional groups attached to an aromatic ring is 2. The third-order valence-electron chi connectivity index (χ3n) is 2.37. The molecule has 0 aliphatic heterocycles. The second kappa shape index (κ2) is 4.67. The predicted molar refractivity (Wildman–Crippen MR) is 68.7 cm³/mol. The summed E-state index contributed by atoms with van der Waals surface area (Å²) in [4.78, 5) is 11.1. The molecule has 0 unspecified atom stereocenters. The molecule has 0 aliphatic carbocycles. The number of benzene rings is 2. The Balaban J connectivity index is 2.41. The minimum Gasteiger partial charge on any atom is -0.478 e. The van der Waals surface area contributed by atoms with Gasteiger partial charge in [0.15, 0.2) is 0 Å². The van der Waals surface area contributed by atoms with E-state index in [1.807, 2.05) is 0 Å². The molecular formula is C13H12N2O3. The molecule has 2 aromatic rings. The number of carbonyl (C=O) groups is 1. The summed E-state index contributed by atoms with van der Waals surface area (Å²) in [5.74, 6) is -0.494. The highest BCUT2D eigenvalue weighted by Gasteiger charge is 2.13. The van der Waals surface area contributed by atoms with Crippen LogP contribution in [-0.4, -0.2) is 11.1 Å². The summed E-state index contributed by atoms with van der Waals surface area (Å²) >= 11 is 0. The van der Waals surface area contributed by atoms with Crippen molar-refractivity contribution in [3.63, 3.8) is 0 Å². The predicted octanol–water partition coefficient (Wildman–Crippen LogP) is 2.34. The van der Waals surface area contributed by atoms with Crippen molar-refractivity contribution in [3.8, 4) is 11.5 Å². The lowest BCUT2D eigenvalue weighted by Gasteiger charge is -2.10. The summed E-state index contributed by atoms with van der Waals surface area (Å²) in [6, 6.07) is 11.3. The Kier molecular flexibility index (Phi) is 3.05. The first kappa shape index (κ1) is 11.8. The Labute approximate surface area is 104 Å². The van der Waals surface area contributed by atoms with Gasteiger partial charge in [-0.3, -0.25) is 0 Å². The second-order valence-electron chi connectivity index (χ2n) is 3.70. The Hall–Kier alpha value is -2.69. The molecule has 0 fully saturated rings. The van der Waals surface area contributed by atoms with Crippen molar-refractivity contribution in [2.75, 3.05) is 11.5 Å². The number of nitrogens with two attached hydrogens (primary N) is 2. The number of carboxylic acids is 1. The summed E-state index contributed by atoms with van der Waals surface area (Å²) in [6.07, 6.45) is 0. The highest BCUT2D eigenvalue weighted by Crippen LogP contribution is 2.30. The van der Waals surface area contributed by atoms with E-state index in [-0.39, 0.29) is 11.3 Å². The van der Waals surface area contributed by atoms with Crippen molar-refractivity contribution in [3.05, 3.63) is 48.0 Å². The van der Waals surface area contributed by atoms with Crippen molar-refractivity contribution in [1.29, 1.82) is 0 Å². The van der Waals surface area contributed by atoms with Gasteiger partial charge in [-0.05, 0) is 30.3 Å². The molecule has 0 aliphatic rings. The average Bonchev–Trinajstić information content (AvgIpc) is 2.34. The van der Waals surface area contributed by atoms with Crippen LogP contribution >= 0.6 is 0 Å². The molecule has 0 amide bonds. The minimum absolute atomic E-state index is 0.00162. The fraction of sp³-hybridized carbons (Fsp3) is 0. The lowest BCUT2D eigenvalue weighted by molar-refractivity contribution is 0.0694. The van der Waals surface area contributed by atoms with Gasteiger partial charge in [-0.25, -0.2) is 4.79 Å². The normalized spacial score (nSPS) is 10.0. The van der Waals surface area contributed by atoms with Gasteiger partial charge in [0.2, 0.25) is 0 Å². The lowest BCUT2D eigenvalue weighted by atomic mass is 10.2. The average molecular weight is 244 g/mol. The third-order valence-corrected chi connectivity index (χ3v) is 2.37. The number of aromatic carboxylic acids is 1.